The summed E-state index contributed by atoms with van der Waals surface area (Å²) in [6.45, 7) is 3.46. The molecule has 1 aromatic rings. The Bertz CT molecular complexity index is 587. The van der Waals surface area contributed by atoms with Crippen molar-refractivity contribution in [3.63, 3.8) is 0 Å². The number of amides is 2. The maximum absolute atomic E-state index is 12.0. The van der Waals surface area contributed by atoms with E-state index in [0.29, 0.717) is 17.8 Å². The largest absolute Gasteiger partial charge is 0.355 e. The Hall–Kier alpha value is -1.88. The van der Waals surface area contributed by atoms with E-state index in [2.05, 4.69) is 22.9 Å². The van der Waals surface area contributed by atoms with Gasteiger partial charge >= 0.3 is 0 Å². The molecule has 0 aliphatic rings. The topological polar surface area (TPSA) is 70.2 Å². The maximum Gasteiger partial charge on any atom is 0.251 e. The van der Waals surface area contributed by atoms with Crippen molar-refractivity contribution in [3.05, 3.63) is 29.8 Å². The van der Waals surface area contributed by atoms with Crippen molar-refractivity contribution in [3.8, 4) is 0 Å². The van der Waals surface area contributed by atoms with Crippen molar-refractivity contribution in [2.45, 2.75) is 96.8 Å². The summed E-state index contributed by atoms with van der Waals surface area (Å²) in [7, 11) is 1.60. The number of carbonyl (C=O) groups excluding carboxylic acids is 2. The van der Waals surface area contributed by atoms with Crippen LogP contribution in [0.5, 0.6) is 0 Å². The molecular weight excluding hydrogens is 386 g/mol. The van der Waals surface area contributed by atoms with Crippen LogP contribution in [0.1, 0.15) is 107 Å². The lowest BCUT2D eigenvalue weighted by molar-refractivity contribution is -0.115. The van der Waals surface area contributed by atoms with E-state index in [4.69, 9.17) is 0 Å². The molecule has 0 spiro atoms. The lowest BCUT2D eigenvalue weighted by atomic mass is 10.0. The minimum absolute atomic E-state index is 0.0574. The number of anilines is 1. The zero-order chi connectivity index (χ0) is 22.6. The molecule has 1 aromatic carbocycles. The number of unbranched alkanes of at least 4 members (excludes halogenated alkanes) is 13. The Balaban J connectivity index is 1.88. The number of hydrogen-bond acceptors (Lipinski definition) is 3. The third-order valence-electron chi connectivity index (χ3n) is 5.65. The van der Waals surface area contributed by atoms with Crippen LogP contribution in [0.4, 0.5) is 5.69 Å². The van der Waals surface area contributed by atoms with Crippen LogP contribution in [0.25, 0.3) is 0 Å². The summed E-state index contributed by atoms with van der Waals surface area (Å²) in [5, 5.41) is 8.63. The van der Waals surface area contributed by atoms with Gasteiger partial charge in [-0.3, -0.25) is 9.59 Å². The molecule has 0 atom stereocenters. The van der Waals surface area contributed by atoms with E-state index in [0.717, 1.165) is 13.0 Å². The molecule has 1 rings (SSSR count). The van der Waals surface area contributed by atoms with E-state index in [1.165, 1.54) is 83.5 Å². The smallest absolute Gasteiger partial charge is 0.251 e. The first-order valence-corrected chi connectivity index (χ1v) is 12.5. The highest BCUT2D eigenvalue weighted by atomic mass is 16.2. The van der Waals surface area contributed by atoms with Crippen LogP contribution >= 0.6 is 0 Å². The summed E-state index contributed by atoms with van der Waals surface area (Å²) in [5.41, 5.74) is 1.28. The Labute approximate surface area is 190 Å². The number of benzene rings is 1. The van der Waals surface area contributed by atoms with Gasteiger partial charge in [0, 0.05) is 18.3 Å². The van der Waals surface area contributed by atoms with Gasteiger partial charge in [0.05, 0.1) is 6.54 Å². The van der Waals surface area contributed by atoms with Crippen LogP contribution < -0.4 is 16.0 Å². The number of nitrogens with one attached hydrogen (secondary N) is 3. The molecule has 3 N–H and O–H groups in total. The van der Waals surface area contributed by atoms with Gasteiger partial charge in [0.1, 0.15) is 0 Å². The van der Waals surface area contributed by atoms with Gasteiger partial charge in [-0.05, 0) is 37.2 Å². The zero-order valence-electron chi connectivity index (χ0n) is 19.9. The molecule has 0 heterocycles. The molecule has 5 heteroatoms. The SMILES string of the molecule is CCCCCCCCCCCCCCCCNCC(=O)Nc1ccc(C(=O)NC)cc1. The van der Waals surface area contributed by atoms with Crippen molar-refractivity contribution in [2.75, 3.05) is 25.5 Å². The van der Waals surface area contributed by atoms with Gasteiger partial charge in [-0.15, -0.1) is 0 Å². The van der Waals surface area contributed by atoms with Gasteiger partial charge < -0.3 is 16.0 Å². The van der Waals surface area contributed by atoms with Gasteiger partial charge in [0.2, 0.25) is 5.91 Å². The monoisotopic (exact) mass is 431 g/mol. The van der Waals surface area contributed by atoms with Crippen LogP contribution in [0, 0.1) is 0 Å². The molecule has 0 aromatic heterocycles. The van der Waals surface area contributed by atoms with Crippen molar-refractivity contribution in [2.24, 2.45) is 0 Å². The van der Waals surface area contributed by atoms with Crippen LogP contribution in [0.2, 0.25) is 0 Å². The molecule has 0 unspecified atom stereocenters. The summed E-state index contributed by atoms with van der Waals surface area (Å²) < 4.78 is 0. The number of hydrogen-bond donors (Lipinski definition) is 3. The highest BCUT2D eigenvalue weighted by Crippen LogP contribution is 2.13. The molecular formula is C26H45N3O2. The second kappa shape index (κ2) is 18.9. The first kappa shape index (κ1) is 27.2. The van der Waals surface area contributed by atoms with E-state index in [1.807, 2.05) is 0 Å². The molecule has 0 radical (unpaired) electrons. The van der Waals surface area contributed by atoms with Crippen molar-refractivity contribution in [1.82, 2.24) is 10.6 Å². The van der Waals surface area contributed by atoms with E-state index in [-0.39, 0.29) is 11.8 Å². The highest BCUT2D eigenvalue weighted by molar-refractivity contribution is 5.96. The van der Waals surface area contributed by atoms with E-state index in [1.54, 1.807) is 31.3 Å². The third kappa shape index (κ3) is 14.7. The lowest BCUT2D eigenvalue weighted by Gasteiger charge is -2.08. The Morgan fingerprint density at radius 1 is 0.710 bits per heavy atom. The third-order valence-corrected chi connectivity index (χ3v) is 5.65. The zero-order valence-corrected chi connectivity index (χ0v) is 19.9. The molecule has 0 saturated heterocycles. The summed E-state index contributed by atoms with van der Waals surface area (Å²) in [4.78, 5) is 23.5. The van der Waals surface area contributed by atoms with Gasteiger partial charge in [-0.25, -0.2) is 0 Å². The Kier molecular flexibility index (Phi) is 16.5. The standard InChI is InChI=1S/C26H45N3O2/c1-3-4-5-6-7-8-9-10-11-12-13-14-15-16-21-28-22-25(30)29-24-19-17-23(18-20-24)26(31)27-2/h17-20,28H,3-16,21-22H2,1-2H3,(H,27,31)(H,29,30). The molecule has 0 aliphatic heterocycles. The lowest BCUT2D eigenvalue weighted by Crippen LogP contribution is -2.28. The predicted octanol–water partition coefficient (Wildman–Crippen LogP) is 6.06. The quantitative estimate of drug-likeness (QED) is 0.233. The maximum atomic E-state index is 12.0. The van der Waals surface area contributed by atoms with Crippen molar-refractivity contribution in [1.29, 1.82) is 0 Å². The fourth-order valence-electron chi connectivity index (χ4n) is 3.70. The van der Waals surface area contributed by atoms with Crippen LogP contribution in [0.3, 0.4) is 0 Å². The van der Waals surface area contributed by atoms with Gasteiger partial charge in [0.25, 0.3) is 5.91 Å². The molecule has 0 aliphatic carbocycles. The van der Waals surface area contributed by atoms with Crippen LogP contribution in [-0.2, 0) is 4.79 Å². The summed E-state index contributed by atoms with van der Waals surface area (Å²) in [5.74, 6) is -0.189. The van der Waals surface area contributed by atoms with Crippen LogP contribution in [-0.4, -0.2) is 32.0 Å². The molecule has 5 nitrogen and oxygen atoms in total. The second-order valence-corrected chi connectivity index (χ2v) is 8.48. The highest BCUT2D eigenvalue weighted by Gasteiger charge is 2.05. The first-order valence-electron chi connectivity index (χ1n) is 12.5. The van der Waals surface area contributed by atoms with Gasteiger partial charge in [-0.2, -0.15) is 0 Å². The molecule has 176 valence electrons. The summed E-state index contributed by atoms with van der Waals surface area (Å²) in [6.07, 6.45) is 19.0. The Morgan fingerprint density at radius 3 is 1.68 bits per heavy atom. The van der Waals surface area contributed by atoms with Gasteiger partial charge in [-0.1, -0.05) is 90.4 Å². The second-order valence-electron chi connectivity index (χ2n) is 8.48. The fraction of sp³-hybridized carbons (Fsp3) is 0.692. The molecule has 0 bridgehead atoms. The molecule has 0 fully saturated rings. The molecule has 0 saturated carbocycles. The predicted molar refractivity (Wildman–Crippen MR) is 132 cm³/mol. The van der Waals surface area contributed by atoms with E-state index < -0.39 is 0 Å². The minimum Gasteiger partial charge on any atom is -0.355 e. The van der Waals surface area contributed by atoms with Crippen molar-refractivity contribution < 1.29 is 9.59 Å². The minimum atomic E-state index is -0.132. The number of rotatable bonds is 19. The van der Waals surface area contributed by atoms with Crippen molar-refractivity contribution >= 4 is 17.5 Å². The summed E-state index contributed by atoms with van der Waals surface area (Å²) in [6, 6.07) is 6.90. The average molecular weight is 432 g/mol. The van der Waals surface area contributed by atoms with E-state index >= 15 is 0 Å². The molecule has 31 heavy (non-hydrogen) atoms. The normalized spacial score (nSPS) is 10.8. The molecule has 2 amide bonds. The Morgan fingerprint density at radius 2 is 1.19 bits per heavy atom. The van der Waals surface area contributed by atoms with Gasteiger partial charge in [0.15, 0.2) is 0 Å². The summed E-state index contributed by atoms with van der Waals surface area (Å²) >= 11 is 0. The first-order chi connectivity index (χ1) is 15.2. The average Bonchev–Trinajstić information content (AvgIpc) is 2.78. The number of carbonyl (C=O) groups is 2. The fourth-order valence-corrected chi connectivity index (χ4v) is 3.70. The van der Waals surface area contributed by atoms with Crippen LogP contribution in [0.15, 0.2) is 24.3 Å². The van der Waals surface area contributed by atoms with E-state index in [9.17, 15) is 9.59 Å².